The van der Waals surface area contributed by atoms with Gasteiger partial charge in [0.15, 0.2) is 5.82 Å². The molecule has 0 aliphatic rings. The molecule has 0 amide bonds. The quantitative estimate of drug-likeness (QED) is 0.906. The van der Waals surface area contributed by atoms with Gasteiger partial charge < -0.3 is 5.32 Å². The number of hydrogen-bond acceptors (Lipinski definition) is 4. The fraction of sp³-hybridized carbons (Fsp3) is 0.533. The first-order chi connectivity index (χ1) is 9.51. The van der Waals surface area contributed by atoms with E-state index in [1.807, 2.05) is 23.1 Å². The van der Waals surface area contributed by atoms with E-state index in [0.29, 0.717) is 12.0 Å². The average Bonchev–Trinajstić information content (AvgIpc) is 2.88. The Balaban J connectivity index is 2.42. The molecule has 2 aromatic rings. The fourth-order valence-corrected chi connectivity index (χ4v) is 1.90. The second-order valence-electron chi connectivity index (χ2n) is 5.49. The van der Waals surface area contributed by atoms with Crippen LogP contribution < -0.4 is 5.32 Å². The van der Waals surface area contributed by atoms with E-state index in [4.69, 9.17) is 0 Å². The lowest BCUT2D eigenvalue weighted by Crippen LogP contribution is -2.05. The van der Waals surface area contributed by atoms with Crippen LogP contribution in [0.4, 0.5) is 5.82 Å². The lowest BCUT2D eigenvalue weighted by atomic mass is 10.1. The predicted molar refractivity (Wildman–Crippen MR) is 81.9 cm³/mol. The summed E-state index contributed by atoms with van der Waals surface area (Å²) in [5, 5.41) is 7.62. The van der Waals surface area contributed by atoms with Crippen LogP contribution >= 0.6 is 0 Å². The van der Waals surface area contributed by atoms with Crippen molar-refractivity contribution < 1.29 is 0 Å². The SMILES string of the molecule is CCNc1cc(C(C)C)nc(-c2cnn(C(C)C)c2)n1. The molecule has 108 valence electrons. The second kappa shape index (κ2) is 6.03. The highest BCUT2D eigenvalue weighted by Gasteiger charge is 2.11. The van der Waals surface area contributed by atoms with Crippen molar-refractivity contribution in [3.8, 4) is 11.4 Å². The number of nitrogens with one attached hydrogen (secondary N) is 1. The molecular formula is C15H23N5. The molecule has 2 heterocycles. The third-order valence-electron chi connectivity index (χ3n) is 3.08. The highest BCUT2D eigenvalue weighted by atomic mass is 15.3. The Labute approximate surface area is 120 Å². The Morgan fingerprint density at radius 3 is 2.50 bits per heavy atom. The van der Waals surface area contributed by atoms with Crippen LogP contribution in [-0.4, -0.2) is 26.3 Å². The lowest BCUT2D eigenvalue weighted by Gasteiger charge is -2.10. The average molecular weight is 273 g/mol. The van der Waals surface area contributed by atoms with Crippen LogP contribution in [0.5, 0.6) is 0 Å². The molecule has 0 unspecified atom stereocenters. The zero-order valence-corrected chi connectivity index (χ0v) is 12.9. The van der Waals surface area contributed by atoms with Crippen LogP contribution in [-0.2, 0) is 0 Å². The molecule has 0 radical (unpaired) electrons. The maximum Gasteiger partial charge on any atom is 0.164 e. The summed E-state index contributed by atoms with van der Waals surface area (Å²) in [5.41, 5.74) is 2.00. The van der Waals surface area contributed by atoms with Gasteiger partial charge in [-0.2, -0.15) is 5.10 Å². The van der Waals surface area contributed by atoms with Gasteiger partial charge in [0.1, 0.15) is 5.82 Å². The Morgan fingerprint density at radius 1 is 1.20 bits per heavy atom. The first kappa shape index (κ1) is 14.5. The zero-order valence-electron chi connectivity index (χ0n) is 12.9. The third kappa shape index (κ3) is 3.15. The van der Waals surface area contributed by atoms with Gasteiger partial charge in [0, 0.05) is 30.5 Å². The van der Waals surface area contributed by atoms with Crippen molar-refractivity contribution in [2.45, 2.75) is 46.6 Å². The van der Waals surface area contributed by atoms with E-state index >= 15 is 0 Å². The van der Waals surface area contributed by atoms with Gasteiger partial charge in [-0.3, -0.25) is 4.68 Å². The standard InChI is InChI=1S/C15H23N5/c1-6-16-14-7-13(10(2)3)18-15(19-14)12-8-17-20(9-12)11(4)5/h7-11H,6H2,1-5H3,(H,16,18,19). The molecule has 5 nitrogen and oxygen atoms in total. The topological polar surface area (TPSA) is 55.6 Å². The lowest BCUT2D eigenvalue weighted by molar-refractivity contribution is 0.532. The summed E-state index contributed by atoms with van der Waals surface area (Å²) < 4.78 is 1.92. The van der Waals surface area contributed by atoms with Crippen LogP contribution in [0.15, 0.2) is 18.5 Å². The Morgan fingerprint density at radius 2 is 1.95 bits per heavy atom. The summed E-state index contributed by atoms with van der Waals surface area (Å²) in [5.74, 6) is 1.98. The molecule has 2 aromatic heterocycles. The maximum atomic E-state index is 4.65. The van der Waals surface area contributed by atoms with E-state index in [0.717, 1.165) is 29.4 Å². The first-order valence-electron chi connectivity index (χ1n) is 7.18. The maximum absolute atomic E-state index is 4.65. The van der Waals surface area contributed by atoms with Crippen molar-refractivity contribution in [1.82, 2.24) is 19.7 Å². The summed E-state index contributed by atoms with van der Waals surface area (Å²) in [4.78, 5) is 9.23. The van der Waals surface area contributed by atoms with Crippen molar-refractivity contribution >= 4 is 5.82 Å². The zero-order chi connectivity index (χ0) is 14.7. The minimum absolute atomic E-state index is 0.338. The normalized spacial score (nSPS) is 11.3. The van der Waals surface area contributed by atoms with Crippen molar-refractivity contribution in [2.75, 3.05) is 11.9 Å². The molecule has 0 saturated heterocycles. The number of anilines is 1. The minimum Gasteiger partial charge on any atom is -0.370 e. The van der Waals surface area contributed by atoms with E-state index in [2.05, 4.69) is 55.0 Å². The van der Waals surface area contributed by atoms with Gasteiger partial charge in [0.25, 0.3) is 0 Å². The van der Waals surface area contributed by atoms with Gasteiger partial charge >= 0.3 is 0 Å². The van der Waals surface area contributed by atoms with Crippen LogP contribution in [0.2, 0.25) is 0 Å². The third-order valence-corrected chi connectivity index (χ3v) is 3.08. The molecule has 0 aliphatic carbocycles. The summed E-state index contributed by atoms with van der Waals surface area (Å²) in [6.45, 7) is 11.4. The van der Waals surface area contributed by atoms with Gasteiger partial charge in [-0.15, -0.1) is 0 Å². The van der Waals surface area contributed by atoms with E-state index < -0.39 is 0 Å². The van der Waals surface area contributed by atoms with Gasteiger partial charge in [0.2, 0.25) is 0 Å². The molecule has 0 spiro atoms. The Bertz CT molecular complexity index is 571. The minimum atomic E-state index is 0.338. The van der Waals surface area contributed by atoms with Crippen LogP contribution in [0.25, 0.3) is 11.4 Å². The molecule has 1 N–H and O–H groups in total. The smallest absolute Gasteiger partial charge is 0.164 e. The molecule has 0 bridgehead atoms. The molecular weight excluding hydrogens is 250 g/mol. The van der Waals surface area contributed by atoms with Crippen molar-refractivity contribution in [3.05, 3.63) is 24.2 Å². The van der Waals surface area contributed by atoms with Crippen LogP contribution in [0.1, 0.15) is 52.3 Å². The molecule has 20 heavy (non-hydrogen) atoms. The van der Waals surface area contributed by atoms with Crippen LogP contribution in [0.3, 0.4) is 0 Å². The molecule has 0 fully saturated rings. The summed E-state index contributed by atoms with van der Waals surface area (Å²) in [7, 11) is 0. The number of nitrogens with zero attached hydrogens (tertiary/aromatic N) is 4. The van der Waals surface area contributed by atoms with Gasteiger partial charge in [-0.1, -0.05) is 13.8 Å². The second-order valence-corrected chi connectivity index (χ2v) is 5.49. The molecule has 0 atom stereocenters. The summed E-state index contributed by atoms with van der Waals surface area (Å²) >= 11 is 0. The summed E-state index contributed by atoms with van der Waals surface area (Å²) in [6, 6.07) is 2.36. The van der Waals surface area contributed by atoms with E-state index in [9.17, 15) is 0 Å². The van der Waals surface area contributed by atoms with Crippen molar-refractivity contribution in [1.29, 1.82) is 0 Å². The fourth-order valence-electron chi connectivity index (χ4n) is 1.90. The van der Waals surface area contributed by atoms with Crippen LogP contribution in [0, 0.1) is 0 Å². The Hall–Kier alpha value is -1.91. The van der Waals surface area contributed by atoms with E-state index in [1.54, 1.807) is 0 Å². The Kier molecular flexibility index (Phi) is 4.37. The number of rotatable bonds is 5. The van der Waals surface area contributed by atoms with Gasteiger partial charge in [-0.05, 0) is 26.7 Å². The molecule has 0 aromatic carbocycles. The van der Waals surface area contributed by atoms with E-state index in [-0.39, 0.29) is 0 Å². The predicted octanol–water partition coefficient (Wildman–Crippen LogP) is 3.48. The highest BCUT2D eigenvalue weighted by molar-refractivity contribution is 5.56. The summed E-state index contributed by atoms with van der Waals surface area (Å²) in [6.07, 6.45) is 3.83. The largest absolute Gasteiger partial charge is 0.370 e. The van der Waals surface area contributed by atoms with E-state index in [1.165, 1.54) is 0 Å². The highest BCUT2D eigenvalue weighted by Crippen LogP contribution is 2.22. The number of aromatic nitrogens is 4. The monoisotopic (exact) mass is 273 g/mol. The molecule has 0 aliphatic heterocycles. The first-order valence-corrected chi connectivity index (χ1v) is 7.18. The van der Waals surface area contributed by atoms with Gasteiger partial charge in [-0.25, -0.2) is 9.97 Å². The molecule has 5 heteroatoms. The molecule has 2 rings (SSSR count). The van der Waals surface area contributed by atoms with Crippen molar-refractivity contribution in [2.24, 2.45) is 0 Å². The van der Waals surface area contributed by atoms with Crippen molar-refractivity contribution in [3.63, 3.8) is 0 Å². The number of hydrogen-bond donors (Lipinski definition) is 1. The van der Waals surface area contributed by atoms with Gasteiger partial charge in [0.05, 0.1) is 11.8 Å². The molecule has 0 saturated carbocycles.